The van der Waals surface area contributed by atoms with Gasteiger partial charge in [0.05, 0.1) is 12.2 Å². The quantitative estimate of drug-likeness (QED) is 0.818. The van der Waals surface area contributed by atoms with Crippen LogP contribution in [0.3, 0.4) is 0 Å². The molecule has 0 unspecified atom stereocenters. The van der Waals surface area contributed by atoms with Crippen molar-refractivity contribution in [2.45, 2.75) is 13.3 Å². The SMILES string of the molecule is CCCOc1ccccc1Oc1ccccc1C(N)=S. The van der Waals surface area contributed by atoms with Gasteiger partial charge in [0.1, 0.15) is 10.7 Å². The monoisotopic (exact) mass is 287 g/mol. The second-order valence-corrected chi connectivity index (χ2v) is 4.70. The number of thiocarbonyl (C=S) groups is 1. The Bertz CT molecular complexity index is 599. The van der Waals surface area contributed by atoms with Gasteiger partial charge in [-0.15, -0.1) is 0 Å². The van der Waals surface area contributed by atoms with Crippen LogP contribution >= 0.6 is 12.2 Å². The maximum absolute atomic E-state index is 5.91. The van der Waals surface area contributed by atoms with Gasteiger partial charge in [-0.3, -0.25) is 0 Å². The van der Waals surface area contributed by atoms with Gasteiger partial charge in [-0.2, -0.15) is 0 Å². The second-order valence-electron chi connectivity index (χ2n) is 4.26. The van der Waals surface area contributed by atoms with Crippen molar-refractivity contribution in [1.29, 1.82) is 0 Å². The molecule has 0 amide bonds. The molecular formula is C16H17NO2S. The van der Waals surface area contributed by atoms with Crippen molar-refractivity contribution < 1.29 is 9.47 Å². The maximum Gasteiger partial charge on any atom is 0.169 e. The Kier molecular flexibility index (Phi) is 4.96. The van der Waals surface area contributed by atoms with Gasteiger partial charge in [-0.25, -0.2) is 0 Å². The molecule has 0 aromatic heterocycles. The van der Waals surface area contributed by atoms with Crippen molar-refractivity contribution >= 4 is 17.2 Å². The predicted molar refractivity (Wildman–Crippen MR) is 84.6 cm³/mol. The van der Waals surface area contributed by atoms with Crippen molar-refractivity contribution in [3.63, 3.8) is 0 Å². The predicted octanol–water partition coefficient (Wildman–Crippen LogP) is 3.90. The van der Waals surface area contributed by atoms with E-state index in [2.05, 4.69) is 6.92 Å². The summed E-state index contributed by atoms with van der Waals surface area (Å²) in [5, 5.41) is 0. The summed E-state index contributed by atoms with van der Waals surface area (Å²) in [5.41, 5.74) is 6.42. The van der Waals surface area contributed by atoms with Crippen LogP contribution < -0.4 is 15.2 Å². The first-order valence-corrected chi connectivity index (χ1v) is 6.91. The van der Waals surface area contributed by atoms with Crippen LogP contribution in [0.15, 0.2) is 48.5 Å². The fourth-order valence-electron chi connectivity index (χ4n) is 1.74. The van der Waals surface area contributed by atoms with Gasteiger partial charge >= 0.3 is 0 Å². The Hall–Kier alpha value is -2.07. The molecule has 20 heavy (non-hydrogen) atoms. The topological polar surface area (TPSA) is 44.5 Å². The minimum absolute atomic E-state index is 0.313. The van der Waals surface area contributed by atoms with Crippen LogP contribution in [0.4, 0.5) is 0 Å². The van der Waals surface area contributed by atoms with E-state index in [0.29, 0.717) is 34.4 Å². The van der Waals surface area contributed by atoms with Crippen LogP contribution in [0.2, 0.25) is 0 Å². The summed E-state index contributed by atoms with van der Waals surface area (Å²) >= 11 is 5.04. The van der Waals surface area contributed by atoms with Crippen LogP contribution in [0.1, 0.15) is 18.9 Å². The second kappa shape index (κ2) is 6.91. The molecule has 0 spiro atoms. The smallest absolute Gasteiger partial charge is 0.169 e. The third-order valence-corrected chi connectivity index (χ3v) is 2.90. The van der Waals surface area contributed by atoms with Crippen LogP contribution in [0, 0.1) is 0 Å². The molecule has 4 heteroatoms. The number of para-hydroxylation sites is 3. The summed E-state index contributed by atoms with van der Waals surface area (Å²) in [6, 6.07) is 15.0. The Morgan fingerprint density at radius 1 is 1.00 bits per heavy atom. The molecule has 0 heterocycles. The zero-order chi connectivity index (χ0) is 14.4. The Morgan fingerprint density at radius 2 is 1.60 bits per heavy atom. The number of hydrogen-bond donors (Lipinski definition) is 1. The molecule has 0 saturated carbocycles. The molecule has 2 N–H and O–H groups in total. The fourth-order valence-corrected chi connectivity index (χ4v) is 1.91. The Morgan fingerprint density at radius 3 is 2.25 bits per heavy atom. The standard InChI is InChI=1S/C16H17NO2S/c1-2-11-18-14-9-5-6-10-15(14)19-13-8-4-3-7-12(13)16(17)20/h3-10H,2,11H2,1H3,(H2,17,20). The molecule has 0 aliphatic rings. The molecule has 2 aromatic carbocycles. The normalized spacial score (nSPS) is 10.1. The van der Waals surface area contributed by atoms with Crippen molar-refractivity contribution in [2.24, 2.45) is 5.73 Å². The van der Waals surface area contributed by atoms with E-state index in [4.69, 9.17) is 27.4 Å². The highest BCUT2D eigenvalue weighted by molar-refractivity contribution is 7.80. The highest BCUT2D eigenvalue weighted by Crippen LogP contribution is 2.32. The molecule has 0 aliphatic heterocycles. The minimum Gasteiger partial charge on any atom is -0.490 e. The lowest BCUT2D eigenvalue weighted by atomic mass is 10.2. The highest BCUT2D eigenvalue weighted by atomic mass is 32.1. The molecule has 0 fully saturated rings. The molecule has 104 valence electrons. The van der Waals surface area contributed by atoms with E-state index in [1.807, 2.05) is 48.5 Å². The van der Waals surface area contributed by atoms with Gasteiger partial charge in [-0.05, 0) is 30.7 Å². The number of rotatable bonds is 6. The van der Waals surface area contributed by atoms with E-state index in [1.165, 1.54) is 0 Å². The summed E-state index contributed by atoms with van der Waals surface area (Å²) in [7, 11) is 0. The lowest BCUT2D eigenvalue weighted by Crippen LogP contribution is -2.10. The van der Waals surface area contributed by atoms with Crippen molar-refractivity contribution in [3.05, 3.63) is 54.1 Å². The van der Waals surface area contributed by atoms with E-state index in [0.717, 1.165) is 6.42 Å². The average molecular weight is 287 g/mol. The summed E-state index contributed by atoms with van der Waals surface area (Å²) < 4.78 is 11.6. The summed E-state index contributed by atoms with van der Waals surface area (Å²) in [6.07, 6.45) is 0.942. The van der Waals surface area contributed by atoms with Gasteiger partial charge in [0.2, 0.25) is 0 Å². The Balaban J connectivity index is 2.28. The van der Waals surface area contributed by atoms with Gasteiger partial charge in [-0.1, -0.05) is 43.4 Å². The molecule has 2 aromatic rings. The number of ether oxygens (including phenoxy) is 2. The molecule has 0 atom stereocenters. The van der Waals surface area contributed by atoms with Crippen molar-refractivity contribution in [2.75, 3.05) is 6.61 Å². The van der Waals surface area contributed by atoms with E-state index in [1.54, 1.807) is 0 Å². The third-order valence-electron chi connectivity index (χ3n) is 2.68. The summed E-state index contributed by atoms with van der Waals surface area (Å²) in [6.45, 7) is 2.71. The molecule has 0 aliphatic carbocycles. The number of benzene rings is 2. The first-order valence-electron chi connectivity index (χ1n) is 6.51. The van der Waals surface area contributed by atoms with E-state index in [-0.39, 0.29) is 0 Å². The lowest BCUT2D eigenvalue weighted by molar-refractivity contribution is 0.302. The Labute approximate surface area is 124 Å². The van der Waals surface area contributed by atoms with Gasteiger partial charge in [0.15, 0.2) is 11.5 Å². The van der Waals surface area contributed by atoms with Crippen LogP contribution in [0.5, 0.6) is 17.2 Å². The fraction of sp³-hybridized carbons (Fsp3) is 0.188. The zero-order valence-electron chi connectivity index (χ0n) is 11.3. The lowest BCUT2D eigenvalue weighted by Gasteiger charge is -2.14. The molecule has 0 saturated heterocycles. The zero-order valence-corrected chi connectivity index (χ0v) is 12.2. The minimum atomic E-state index is 0.313. The molecule has 3 nitrogen and oxygen atoms in total. The van der Waals surface area contributed by atoms with E-state index < -0.39 is 0 Å². The largest absolute Gasteiger partial charge is 0.490 e. The maximum atomic E-state index is 5.91. The van der Waals surface area contributed by atoms with Crippen LogP contribution in [-0.2, 0) is 0 Å². The van der Waals surface area contributed by atoms with E-state index >= 15 is 0 Å². The van der Waals surface area contributed by atoms with Crippen LogP contribution in [-0.4, -0.2) is 11.6 Å². The van der Waals surface area contributed by atoms with Gasteiger partial charge in [0.25, 0.3) is 0 Å². The number of nitrogens with two attached hydrogens (primary N) is 1. The van der Waals surface area contributed by atoms with Gasteiger partial charge < -0.3 is 15.2 Å². The molecule has 2 rings (SSSR count). The molecule has 0 radical (unpaired) electrons. The van der Waals surface area contributed by atoms with E-state index in [9.17, 15) is 0 Å². The van der Waals surface area contributed by atoms with Gasteiger partial charge in [0, 0.05) is 0 Å². The summed E-state index contributed by atoms with van der Waals surface area (Å²) in [4.78, 5) is 0.313. The highest BCUT2D eigenvalue weighted by Gasteiger charge is 2.10. The molecular weight excluding hydrogens is 270 g/mol. The first-order chi connectivity index (χ1) is 9.72. The summed E-state index contributed by atoms with van der Waals surface area (Å²) in [5.74, 6) is 2.00. The van der Waals surface area contributed by atoms with Crippen molar-refractivity contribution in [1.82, 2.24) is 0 Å². The average Bonchev–Trinajstić information content (AvgIpc) is 2.47. The third kappa shape index (κ3) is 3.48. The van der Waals surface area contributed by atoms with Crippen molar-refractivity contribution in [3.8, 4) is 17.2 Å². The van der Waals surface area contributed by atoms with Crippen LogP contribution in [0.25, 0.3) is 0 Å². The molecule has 0 bridgehead atoms. The number of hydrogen-bond acceptors (Lipinski definition) is 3. The first kappa shape index (κ1) is 14.3.